The fourth-order valence-corrected chi connectivity index (χ4v) is 5.92. The number of amides is 1. The van der Waals surface area contributed by atoms with Crippen molar-refractivity contribution >= 4 is 5.91 Å². The molecule has 0 spiro atoms. The number of benzene rings is 2. The fraction of sp³-hybridized carbons (Fsp3) is 0.567. The molecule has 3 fully saturated rings. The van der Waals surface area contributed by atoms with Gasteiger partial charge >= 0.3 is 0 Å². The summed E-state index contributed by atoms with van der Waals surface area (Å²) in [5, 5.41) is 9.85. The Morgan fingerprint density at radius 3 is 2.39 bits per heavy atom. The van der Waals surface area contributed by atoms with Crippen molar-refractivity contribution < 1.29 is 19.0 Å². The SMILES string of the molecule is CC1(CN2CCC(COc3ccc(-c4ccc(C(=O)N5CCC[C@H](O)C5)cc4)cc3F)CC2)CCC1. The Balaban J connectivity index is 1.12. The van der Waals surface area contributed by atoms with Gasteiger partial charge in [-0.1, -0.05) is 31.5 Å². The fourth-order valence-electron chi connectivity index (χ4n) is 5.92. The number of carbonyl (C=O) groups is 1. The van der Waals surface area contributed by atoms with Gasteiger partial charge in [-0.2, -0.15) is 0 Å². The number of aliphatic hydroxyl groups excluding tert-OH is 1. The summed E-state index contributed by atoms with van der Waals surface area (Å²) in [6, 6.07) is 12.3. The average Bonchev–Trinajstić information content (AvgIpc) is 2.87. The third-order valence-corrected chi connectivity index (χ3v) is 8.43. The number of rotatable bonds is 7. The Bertz CT molecular complexity index is 1040. The minimum Gasteiger partial charge on any atom is -0.490 e. The van der Waals surface area contributed by atoms with Crippen LogP contribution in [0.25, 0.3) is 11.1 Å². The number of halogens is 1. The highest BCUT2D eigenvalue weighted by atomic mass is 19.1. The highest BCUT2D eigenvalue weighted by molar-refractivity contribution is 5.94. The van der Waals surface area contributed by atoms with Crippen molar-refractivity contribution in [3.8, 4) is 16.9 Å². The van der Waals surface area contributed by atoms with Crippen LogP contribution in [0, 0.1) is 17.2 Å². The van der Waals surface area contributed by atoms with E-state index in [9.17, 15) is 14.3 Å². The molecule has 1 saturated carbocycles. The van der Waals surface area contributed by atoms with Gasteiger partial charge in [-0.05, 0) is 98.3 Å². The highest BCUT2D eigenvalue weighted by Crippen LogP contribution is 2.41. The lowest BCUT2D eigenvalue weighted by molar-refractivity contribution is 0.0474. The summed E-state index contributed by atoms with van der Waals surface area (Å²) in [6.45, 7) is 7.46. The first-order chi connectivity index (χ1) is 17.4. The van der Waals surface area contributed by atoms with E-state index in [1.807, 2.05) is 18.2 Å². The van der Waals surface area contributed by atoms with E-state index in [4.69, 9.17) is 4.74 Å². The molecule has 2 aromatic carbocycles. The number of nitrogens with zero attached hydrogens (tertiary/aromatic N) is 2. The van der Waals surface area contributed by atoms with E-state index in [2.05, 4.69) is 11.8 Å². The van der Waals surface area contributed by atoms with Crippen molar-refractivity contribution in [3.05, 3.63) is 53.8 Å². The summed E-state index contributed by atoms with van der Waals surface area (Å²) in [7, 11) is 0. The van der Waals surface area contributed by atoms with Crippen LogP contribution in [0.2, 0.25) is 0 Å². The van der Waals surface area contributed by atoms with Crippen LogP contribution in [0.15, 0.2) is 42.5 Å². The van der Waals surface area contributed by atoms with E-state index >= 15 is 0 Å². The molecule has 2 aromatic rings. The molecule has 2 aliphatic heterocycles. The van der Waals surface area contributed by atoms with Gasteiger partial charge in [-0.3, -0.25) is 4.79 Å². The standard InChI is InChI=1S/C30H39FN2O3/c1-30(13-3-14-30)21-32-16-11-22(12-17-32)20-36-28-10-9-25(18-27(28)31)23-5-7-24(8-6-23)29(35)33-15-2-4-26(34)19-33/h5-10,18,22,26,34H,2-4,11-17,19-21H2,1H3/t26-/m0/s1. The second kappa shape index (κ2) is 10.9. The van der Waals surface area contributed by atoms with Crippen LogP contribution < -0.4 is 4.74 Å². The van der Waals surface area contributed by atoms with Crippen LogP contribution in [0.3, 0.4) is 0 Å². The monoisotopic (exact) mass is 494 g/mol. The maximum absolute atomic E-state index is 14.9. The molecule has 0 aromatic heterocycles. The number of β-amino-alcohol motifs (C(OH)–C–C–N with tert-alkyl or cyclic N) is 1. The van der Waals surface area contributed by atoms with Crippen molar-refractivity contribution in [2.24, 2.45) is 11.3 Å². The van der Waals surface area contributed by atoms with E-state index in [0.29, 0.717) is 42.3 Å². The lowest BCUT2D eigenvalue weighted by Crippen LogP contribution is -2.44. The number of hydrogen-bond donors (Lipinski definition) is 1. The van der Waals surface area contributed by atoms with Gasteiger partial charge in [0.05, 0.1) is 12.7 Å². The van der Waals surface area contributed by atoms with Crippen molar-refractivity contribution in [3.63, 3.8) is 0 Å². The molecular weight excluding hydrogens is 455 g/mol. The predicted molar refractivity (Wildman–Crippen MR) is 140 cm³/mol. The molecular formula is C30H39FN2O3. The number of likely N-dealkylation sites (tertiary alicyclic amines) is 2. The van der Waals surface area contributed by atoms with Gasteiger partial charge in [-0.15, -0.1) is 0 Å². The molecule has 3 aliphatic rings. The molecule has 0 radical (unpaired) electrons. The summed E-state index contributed by atoms with van der Waals surface area (Å²) in [4.78, 5) is 17.0. The molecule has 0 bridgehead atoms. The van der Waals surface area contributed by atoms with Gasteiger partial charge < -0.3 is 19.6 Å². The number of ether oxygens (including phenoxy) is 1. The molecule has 0 unspecified atom stereocenters. The first-order valence-electron chi connectivity index (χ1n) is 13.6. The van der Waals surface area contributed by atoms with E-state index < -0.39 is 6.10 Å². The lowest BCUT2D eigenvalue weighted by Gasteiger charge is -2.44. The van der Waals surface area contributed by atoms with Gasteiger partial charge in [-0.25, -0.2) is 4.39 Å². The summed E-state index contributed by atoms with van der Waals surface area (Å²) < 4.78 is 20.8. The molecule has 5 nitrogen and oxygen atoms in total. The Hall–Kier alpha value is -2.44. The summed E-state index contributed by atoms with van der Waals surface area (Å²) in [5.74, 6) is 0.350. The average molecular weight is 495 g/mol. The van der Waals surface area contributed by atoms with Crippen LogP contribution in [-0.4, -0.2) is 66.2 Å². The summed E-state index contributed by atoms with van der Waals surface area (Å²) >= 11 is 0. The molecule has 6 heteroatoms. The molecule has 2 saturated heterocycles. The van der Waals surface area contributed by atoms with Crippen LogP contribution in [-0.2, 0) is 0 Å². The highest BCUT2D eigenvalue weighted by Gasteiger charge is 2.34. The number of piperidine rings is 2. The molecule has 1 amide bonds. The Labute approximate surface area is 214 Å². The van der Waals surface area contributed by atoms with E-state index in [1.54, 1.807) is 23.1 Å². The predicted octanol–water partition coefficient (Wildman–Crippen LogP) is 5.37. The molecule has 2 heterocycles. The van der Waals surface area contributed by atoms with Crippen LogP contribution >= 0.6 is 0 Å². The lowest BCUT2D eigenvalue weighted by atomic mass is 9.70. The number of hydrogen-bond acceptors (Lipinski definition) is 4. The Morgan fingerprint density at radius 1 is 1.03 bits per heavy atom. The first-order valence-corrected chi connectivity index (χ1v) is 13.6. The van der Waals surface area contributed by atoms with Gasteiger partial charge in [0, 0.05) is 25.2 Å². The largest absolute Gasteiger partial charge is 0.490 e. The van der Waals surface area contributed by atoms with Gasteiger partial charge in [0.1, 0.15) is 0 Å². The molecule has 1 aliphatic carbocycles. The Kier molecular flexibility index (Phi) is 7.63. The normalized spacial score (nSPS) is 22.8. The van der Waals surface area contributed by atoms with Crippen LogP contribution in [0.4, 0.5) is 4.39 Å². The molecule has 5 rings (SSSR count). The zero-order valence-corrected chi connectivity index (χ0v) is 21.4. The zero-order chi connectivity index (χ0) is 25.1. The third kappa shape index (κ3) is 5.92. The van der Waals surface area contributed by atoms with Crippen LogP contribution in [0.5, 0.6) is 5.75 Å². The summed E-state index contributed by atoms with van der Waals surface area (Å²) in [6.07, 6.45) is 7.42. The quantitative estimate of drug-likeness (QED) is 0.562. The van der Waals surface area contributed by atoms with Gasteiger partial charge in [0.2, 0.25) is 0 Å². The smallest absolute Gasteiger partial charge is 0.253 e. The molecule has 36 heavy (non-hydrogen) atoms. The number of aliphatic hydroxyl groups is 1. The third-order valence-electron chi connectivity index (χ3n) is 8.43. The minimum atomic E-state index is -0.445. The second-order valence-electron chi connectivity index (χ2n) is 11.5. The number of carbonyl (C=O) groups excluding carboxylic acids is 1. The summed E-state index contributed by atoms with van der Waals surface area (Å²) in [5.41, 5.74) is 2.72. The zero-order valence-electron chi connectivity index (χ0n) is 21.4. The topological polar surface area (TPSA) is 53.0 Å². The van der Waals surface area contributed by atoms with Gasteiger partial charge in [0.15, 0.2) is 11.6 Å². The first kappa shape index (κ1) is 25.2. The van der Waals surface area contributed by atoms with Crippen molar-refractivity contribution in [1.29, 1.82) is 0 Å². The Morgan fingerprint density at radius 2 is 1.75 bits per heavy atom. The van der Waals surface area contributed by atoms with Crippen molar-refractivity contribution in [1.82, 2.24) is 9.80 Å². The van der Waals surface area contributed by atoms with E-state index in [-0.39, 0.29) is 11.7 Å². The van der Waals surface area contributed by atoms with Crippen molar-refractivity contribution in [2.45, 2.75) is 58.0 Å². The van der Waals surface area contributed by atoms with E-state index in [0.717, 1.165) is 49.9 Å². The molecule has 1 N–H and O–H groups in total. The van der Waals surface area contributed by atoms with Crippen LogP contribution in [0.1, 0.15) is 62.2 Å². The van der Waals surface area contributed by atoms with E-state index in [1.165, 1.54) is 31.9 Å². The van der Waals surface area contributed by atoms with Crippen molar-refractivity contribution in [2.75, 3.05) is 39.3 Å². The molecule has 1 atom stereocenters. The second-order valence-corrected chi connectivity index (χ2v) is 11.5. The molecule has 194 valence electrons. The minimum absolute atomic E-state index is 0.0710. The van der Waals surface area contributed by atoms with Gasteiger partial charge in [0.25, 0.3) is 5.91 Å². The maximum atomic E-state index is 14.9. The maximum Gasteiger partial charge on any atom is 0.253 e.